The predicted octanol–water partition coefficient (Wildman–Crippen LogP) is 4.32. The second-order valence-corrected chi connectivity index (χ2v) is 4.74. The monoisotopic (exact) mass is 344 g/mol. The summed E-state index contributed by atoms with van der Waals surface area (Å²) in [7, 11) is 0. The van der Waals surface area contributed by atoms with Crippen LogP contribution >= 0.6 is 50.1 Å². The van der Waals surface area contributed by atoms with Gasteiger partial charge in [-0.1, -0.05) is 11.6 Å². The first-order valence-corrected chi connectivity index (χ1v) is 5.39. The first-order chi connectivity index (χ1) is 5.04. The Morgan fingerprint density at radius 1 is 1.45 bits per heavy atom. The molecule has 0 aromatic heterocycles. The standard InChI is InChI=1S/C8H7BrClI/c1-4-3-6(9)7(10)5(2)8(4)11/h3H,1-2H3. The second kappa shape index (κ2) is 3.62. The van der Waals surface area contributed by atoms with Crippen LogP contribution in [0.3, 0.4) is 0 Å². The number of halogens is 3. The summed E-state index contributed by atoms with van der Waals surface area (Å²) < 4.78 is 2.23. The lowest BCUT2D eigenvalue weighted by Gasteiger charge is -2.06. The highest BCUT2D eigenvalue weighted by atomic mass is 127. The van der Waals surface area contributed by atoms with Crippen molar-refractivity contribution >= 4 is 50.1 Å². The lowest BCUT2D eigenvalue weighted by Crippen LogP contribution is -1.87. The van der Waals surface area contributed by atoms with E-state index in [0.717, 1.165) is 15.1 Å². The van der Waals surface area contributed by atoms with Crippen molar-refractivity contribution in [2.45, 2.75) is 13.8 Å². The van der Waals surface area contributed by atoms with E-state index < -0.39 is 0 Å². The zero-order valence-corrected chi connectivity index (χ0v) is 10.7. The van der Waals surface area contributed by atoms with Gasteiger partial charge < -0.3 is 0 Å². The van der Waals surface area contributed by atoms with Gasteiger partial charge in [0, 0.05) is 8.04 Å². The van der Waals surface area contributed by atoms with Crippen LogP contribution in [0.5, 0.6) is 0 Å². The molecule has 0 N–H and O–H groups in total. The van der Waals surface area contributed by atoms with Crippen molar-refractivity contribution < 1.29 is 0 Å². The van der Waals surface area contributed by atoms with Crippen molar-refractivity contribution in [1.82, 2.24) is 0 Å². The summed E-state index contributed by atoms with van der Waals surface area (Å²) in [5.74, 6) is 0. The van der Waals surface area contributed by atoms with E-state index in [4.69, 9.17) is 11.6 Å². The molecule has 3 heteroatoms. The molecule has 0 aliphatic carbocycles. The van der Waals surface area contributed by atoms with E-state index in [0.29, 0.717) is 0 Å². The third-order valence-electron chi connectivity index (χ3n) is 1.56. The number of rotatable bonds is 0. The summed E-state index contributed by atoms with van der Waals surface area (Å²) in [5, 5.41) is 0.819. The average molecular weight is 345 g/mol. The highest BCUT2D eigenvalue weighted by molar-refractivity contribution is 14.1. The molecular weight excluding hydrogens is 338 g/mol. The quantitative estimate of drug-likeness (QED) is 0.485. The molecule has 60 valence electrons. The van der Waals surface area contributed by atoms with Crippen molar-refractivity contribution in [2.75, 3.05) is 0 Å². The summed E-state index contributed by atoms with van der Waals surface area (Å²) in [6.45, 7) is 4.11. The van der Waals surface area contributed by atoms with Crippen molar-refractivity contribution in [3.8, 4) is 0 Å². The molecule has 1 aromatic rings. The summed E-state index contributed by atoms with van der Waals surface area (Å²) in [5.41, 5.74) is 2.42. The van der Waals surface area contributed by atoms with Gasteiger partial charge in [0.05, 0.1) is 5.02 Å². The minimum Gasteiger partial charge on any atom is -0.0828 e. The third-order valence-corrected chi connectivity index (χ3v) is 4.56. The molecule has 0 nitrogen and oxygen atoms in total. The Balaban J connectivity index is 3.46. The predicted molar refractivity (Wildman–Crippen MR) is 61.3 cm³/mol. The molecule has 1 rings (SSSR count). The summed E-state index contributed by atoms with van der Waals surface area (Å²) in [6.07, 6.45) is 0. The molecule has 0 saturated carbocycles. The van der Waals surface area contributed by atoms with Crippen molar-refractivity contribution in [2.24, 2.45) is 0 Å². The van der Waals surface area contributed by atoms with Gasteiger partial charge in [-0.3, -0.25) is 0 Å². The van der Waals surface area contributed by atoms with E-state index in [9.17, 15) is 0 Å². The number of hydrogen-bond donors (Lipinski definition) is 0. The maximum atomic E-state index is 6.00. The molecule has 0 heterocycles. The van der Waals surface area contributed by atoms with Crippen molar-refractivity contribution in [3.63, 3.8) is 0 Å². The topological polar surface area (TPSA) is 0 Å². The maximum Gasteiger partial charge on any atom is 0.0587 e. The van der Waals surface area contributed by atoms with Gasteiger partial charge >= 0.3 is 0 Å². The van der Waals surface area contributed by atoms with Gasteiger partial charge in [-0.2, -0.15) is 0 Å². The van der Waals surface area contributed by atoms with Crippen molar-refractivity contribution in [3.05, 3.63) is 30.3 Å². The largest absolute Gasteiger partial charge is 0.0828 e. The second-order valence-electron chi connectivity index (χ2n) is 2.43. The van der Waals surface area contributed by atoms with Crippen LogP contribution < -0.4 is 0 Å². The Kier molecular flexibility index (Phi) is 3.23. The van der Waals surface area contributed by atoms with Crippen LogP contribution in [-0.2, 0) is 0 Å². The average Bonchev–Trinajstić information content (AvgIpc) is 1.97. The zero-order valence-electron chi connectivity index (χ0n) is 6.21. The highest BCUT2D eigenvalue weighted by Gasteiger charge is 2.06. The zero-order chi connectivity index (χ0) is 8.59. The minimum absolute atomic E-state index is 0.819. The van der Waals surface area contributed by atoms with Gasteiger partial charge in [0.25, 0.3) is 0 Å². The van der Waals surface area contributed by atoms with E-state index in [-0.39, 0.29) is 0 Å². The first kappa shape index (κ1) is 9.81. The number of aryl methyl sites for hydroxylation is 1. The fourth-order valence-corrected chi connectivity index (χ4v) is 2.26. The molecule has 0 fully saturated rings. The Bertz CT molecular complexity index is 270. The van der Waals surface area contributed by atoms with E-state index in [1.165, 1.54) is 9.13 Å². The van der Waals surface area contributed by atoms with Crippen LogP contribution in [0.2, 0.25) is 5.02 Å². The molecular formula is C8H7BrClI. The van der Waals surface area contributed by atoms with Crippen molar-refractivity contribution in [1.29, 1.82) is 0 Å². The van der Waals surface area contributed by atoms with Crippen LogP contribution in [-0.4, -0.2) is 0 Å². The number of benzene rings is 1. The summed E-state index contributed by atoms with van der Waals surface area (Å²) >= 11 is 11.7. The van der Waals surface area contributed by atoms with Crippen LogP contribution in [0, 0.1) is 17.4 Å². The van der Waals surface area contributed by atoms with Gasteiger partial charge in [-0.05, 0) is 69.6 Å². The fraction of sp³-hybridized carbons (Fsp3) is 0.250. The van der Waals surface area contributed by atoms with E-state index in [1.807, 2.05) is 13.0 Å². The minimum atomic E-state index is 0.819. The van der Waals surface area contributed by atoms with E-state index in [1.54, 1.807) is 0 Å². The molecule has 0 aliphatic rings. The molecule has 0 atom stereocenters. The van der Waals surface area contributed by atoms with Crippen LogP contribution in [0.1, 0.15) is 11.1 Å². The van der Waals surface area contributed by atoms with Crippen LogP contribution in [0.4, 0.5) is 0 Å². The molecule has 0 aliphatic heterocycles. The summed E-state index contributed by atoms with van der Waals surface area (Å²) in [6, 6.07) is 2.04. The SMILES string of the molecule is Cc1cc(Br)c(Cl)c(C)c1I. The maximum absolute atomic E-state index is 6.00. The van der Waals surface area contributed by atoms with Crippen LogP contribution in [0.25, 0.3) is 0 Å². The van der Waals surface area contributed by atoms with Gasteiger partial charge in [0.1, 0.15) is 0 Å². The van der Waals surface area contributed by atoms with Crippen LogP contribution in [0.15, 0.2) is 10.5 Å². The molecule has 1 aromatic carbocycles. The van der Waals surface area contributed by atoms with Gasteiger partial charge in [0.15, 0.2) is 0 Å². The molecule has 0 saturated heterocycles. The Morgan fingerprint density at radius 2 is 2.00 bits per heavy atom. The molecule has 0 amide bonds. The van der Waals surface area contributed by atoms with Gasteiger partial charge in [-0.15, -0.1) is 0 Å². The lowest BCUT2D eigenvalue weighted by atomic mass is 10.2. The highest BCUT2D eigenvalue weighted by Crippen LogP contribution is 2.31. The van der Waals surface area contributed by atoms with Gasteiger partial charge in [-0.25, -0.2) is 0 Å². The fourth-order valence-electron chi connectivity index (χ4n) is 0.888. The molecule has 0 bridgehead atoms. The molecule has 11 heavy (non-hydrogen) atoms. The lowest BCUT2D eigenvalue weighted by molar-refractivity contribution is 1.32. The Hall–Kier alpha value is 0.720. The molecule has 0 spiro atoms. The van der Waals surface area contributed by atoms with E-state index >= 15 is 0 Å². The Morgan fingerprint density at radius 3 is 2.55 bits per heavy atom. The Labute approximate surface area is 93.6 Å². The third kappa shape index (κ3) is 1.90. The normalized spacial score (nSPS) is 10.3. The van der Waals surface area contributed by atoms with Gasteiger partial charge in [0.2, 0.25) is 0 Å². The van der Waals surface area contributed by atoms with E-state index in [2.05, 4.69) is 45.4 Å². The number of hydrogen-bond acceptors (Lipinski definition) is 0. The molecule has 0 unspecified atom stereocenters. The smallest absolute Gasteiger partial charge is 0.0587 e. The summed E-state index contributed by atoms with van der Waals surface area (Å²) in [4.78, 5) is 0. The first-order valence-electron chi connectivity index (χ1n) is 3.14. The molecule has 0 radical (unpaired) electrons.